The fraction of sp³-hybridized carbons (Fsp3) is 0.562. The third-order valence-corrected chi connectivity index (χ3v) is 2.53. The number of ether oxygens (including phenoxy) is 2. The van der Waals surface area contributed by atoms with Crippen LogP contribution in [-0.2, 0) is 11.3 Å². The monoisotopic (exact) mass is 279 g/mol. The second-order valence-electron chi connectivity index (χ2n) is 5.70. The summed E-state index contributed by atoms with van der Waals surface area (Å²) in [5.41, 5.74) is 0.542. The Morgan fingerprint density at radius 3 is 2.40 bits per heavy atom. The molecule has 0 saturated heterocycles. The fourth-order valence-corrected chi connectivity index (χ4v) is 1.53. The number of rotatable bonds is 6. The van der Waals surface area contributed by atoms with Gasteiger partial charge < -0.3 is 14.8 Å². The molecule has 1 aromatic carbocycles. The van der Waals surface area contributed by atoms with Crippen molar-refractivity contribution in [2.24, 2.45) is 0 Å². The average Bonchev–Trinajstić information content (AvgIpc) is 2.36. The summed E-state index contributed by atoms with van der Waals surface area (Å²) in [7, 11) is 0. The Hall–Kier alpha value is -1.71. The van der Waals surface area contributed by atoms with Crippen molar-refractivity contribution in [1.82, 2.24) is 5.32 Å². The highest BCUT2D eigenvalue weighted by molar-refractivity contribution is 5.67. The van der Waals surface area contributed by atoms with Crippen LogP contribution < -0.4 is 10.1 Å². The zero-order chi connectivity index (χ0) is 15.0. The van der Waals surface area contributed by atoms with Gasteiger partial charge in [0, 0.05) is 6.54 Å². The summed E-state index contributed by atoms with van der Waals surface area (Å²) in [5, 5.41) is 2.73. The smallest absolute Gasteiger partial charge is 0.407 e. The van der Waals surface area contributed by atoms with E-state index in [1.54, 1.807) is 0 Å². The van der Waals surface area contributed by atoms with Gasteiger partial charge in [-0.3, -0.25) is 0 Å². The van der Waals surface area contributed by atoms with E-state index in [2.05, 4.69) is 12.2 Å². The number of alkyl carbamates (subject to hydrolysis) is 1. The largest absolute Gasteiger partial charge is 0.494 e. The van der Waals surface area contributed by atoms with Gasteiger partial charge in [-0.05, 0) is 44.9 Å². The van der Waals surface area contributed by atoms with Gasteiger partial charge in [0.15, 0.2) is 0 Å². The lowest BCUT2D eigenvalue weighted by Crippen LogP contribution is -2.32. The number of carbonyl (C=O) groups excluding carboxylic acids is 1. The highest BCUT2D eigenvalue weighted by Crippen LogP contribution is 2.13. The Balaban J connectivity index is 2.36. The summed E-state index contributed by atoms with van der Waals surface area (Å²) >= 11 is 0. The van der Waals surface area contributed by atoms with Crippen LogP contribution in [-0.4, -0.2) is 18.3 Å². The van der Waals surface area contributed by atoms with E-state index in [1.165, 1.54) is 0 Å². The van der Waals surface area contributed by atoms with Gasteiger partial charge in [0.05, 0.1) is 6.61 Å². The first kappa shape index (κ1) is 16.3. The Morgan fingerprint density at radius 2 is 1.85 bits per heavy atom. The second kappa shape index (κ2) is 7.78. The molecule has 112 valence electrons. The van der Waals surface area contributed by atoms with E-state index in [1.807, 2.05) is 45.0 Å². The van der Waals surface area contributed by atoms with Gasteiger partial charge in [-0.15, -0.1) is 0 Å². The first-order chi connectivity index (χ1) is 9.40. The van der Waals surface area contributed by atoms with Crippen molar-refractivity contribution in [2.45, 2.75) is 52.7 Å². The van der Waals surface area contributed by atoms with Gasteiger partial charge in [0.25, 0.3) is 0 Å². The van der Waals surface area contributed by atoms with Crippen LogP contribution in [0, 0.1) is 0 Å². The summed E-state index contributed by atoms with van der Waals surface area (Å²) in [4.78, 5) is 11.5. The van der Waals surface area contributed by atoms with E-state index in [0.717, 1.165) is 30.8 Å². The molecular weight excluding hydrogens is 254 g/mol. The second-order valence-corrected chi connectivity index (χ2v) is 5.70. The number of hydrogen-bond donors (Lipinski definition) is 1. The molecule has 1 aromatic rings. The maximum atomic E-state index is 11.5. The molecule has 0 bridgehead atoms. The van der Waals surface area contributed by atoms with E-state index in [-0.39, 0.29) is 0 Å². The van der Waals surface area contributed by atoms with E-state index >= 15 is 0 Å². The van der Waals surface area contributed by atoms with Gasteiger partial charge in [-0.1, -0.05) is 25.5 Å². The first-order valence-electron chi connectivity index (χ1n) is 7.09. The van der Waals surface area contributed by atoms with Crippen molar-refractivity contribution >= 4 is 6.09 Å². The van der Waals surface area contributed by atoms with E-state index in [0.29, 0.717) is 6.54 Å². The number of hydrogen-bond acceptors (Lipinski definition) is 3. The Kier molecular flexibility index (Phi) is 6.36. The Bertz CT molecular complexity index is 407. The van der Waals surface area contributed by atoms with Crippen molar-refractivity contribution in [1.29, 1.82) is 0 Å². The number of benzene rings is 1. The maximum Gasteiger partial charge on any atom is 0.407 e. The van der Waals surface area contributed by atoms with Crippen molar-refractivity contribution in [2.75, 3.05) is 6.61 Å². The predicted molar refractivity (Wildman–Crippen MR) is 79.9 cm³/mol. The quantitative estimate of drug-likeness (QED) is 0.804. The minimum absolute atomic E-state index is 0.402. The van der Waals surface area contributed by atoms with Crippen LogP contribution in [0.25, 0.3) is 0 Å². The van der Waals surface area contributed by atoms with E-state index in [9.17, 15) is 4.79 Å². The molecule has 4 nitrogen and oxygen atoms in total. The highest BCUT2D eigenvalue weighted by Gasteiger charge is 2.15. The van der Waals surface area contributed by atoms with Gasteiger partial charge in [-0.2, -0.15) is 0 Å². The van der Waals surface area contributed by atoms with Gasteiger partial charge in [0.2, 0.25) is 0 Å². The minimum Gasteiger partial charge on any atom is -0.494 e. The fourth-order valence-electron chi connectivity index (χ4n) is 1.53. The number of unbranched alkanes of at least 4 members (excludes halogenated alkanes) is 1. The molecule has 0 aliphatic heterocycles. The van der Waals surface area contributed by atoms with Crippen LogP contribution in [0.1, 0.15) is 46.1 Å². The normalized spacial score (nSPS) is 11.0. The summed E-state index contributed by atoms with van der Waals surface area (Å²) in [5.74, 6) is 0.861. The SMILES string of the molecule is CCCCOc1ccc(CNC(=O)OC(C)(C)C)cc1. The molecule has 4 heteroatoms. The molecule has 0 aliphatic carbocycles. The van der Waals surface area contributed by atoms with Crippen molar-refractivity contribution in [3.8, 4) is 5.75 Å². The van der Waals surface area contributed by atoms with Crippen molar-refractivity contribution < 1.29 is 14.3 Å². The van der Waals surface area contributed by atoms with Gasteiger partial charge in [-0.25, -0.2) is 4.79 Å². The van der Waals surface area contributed by atoms with Crippen LogP contribution in [0.2, 0.25) is 0 Å². The highest BCUT2D eigenvalue weighted by atomic mass is 16.6. The lowest BCUT2D eigenvalue weighted by molar-refractivity contribution is 0.0523. The molecule has 0 aromatic heterocycles. The Labute approximate surface area is 121 Å². The van der Waals surface area contributed by atoms with Crippen LogP contribution in [0.15, 0.2) is 24.3 Å². The number of amides is 1. The van der Waals surface area contributed by atoms with Crippen LogP contribution in [0.5, 0.6) is 5.75 Å². The summed E-state index contributed by atoms with van der Waals surface area (Å²) in [6.45, 7) is 8.85. The summed E-state index contributed by atoms with van der Waals surface area (Å²) in [6, 6.07) is 7.72. The van der Waals surface area contributed by atoms with Crippen LogP contribution in [0.4, 0.5) is 4.79 Å². The molecule has 1 rings (SSSR count). The van der Waals surface area contributed by atoms with E-state index in [4.69, 9.17) is 9.47 Å². The third kappa shape index (κ3) is 7.02. The van der Waals surface area contributed by atoms with Gasteiger partial charge >= 0.3 is 6.09 Å². The molecule has 0 spiro atoms. The maximum absolute atomic E-state index is 11.5. The molecular formula is C16H25NO3. The van der Waals surface area contributed by atoms with Crippen LogP contribution >= 0.6 is 0 Å². The zero-order valence-electron chi connectivity index (χ0n) is 12.9. The van der Waals surface area contributed by atoms with E-state index < -0.39 is 11.7 Å². The molecule has 0 saturated carbocycles. The molecule has 0 unspecified atom stereocenters. The standard InChI is InChI=1S/C16H25NO3/c1-5-6-11-19-14-9-7-13(8-10-14)12-17-15(18)20-16(2,3)4/h7-10H,5-6,11-12H2,1-4H3,(H,17,18). The summed E-state index contributed by atoms with van der Waals surface area (Å²) < 4.78 is 10.8. The molecule has 0 aliphatic rings. The van der Waals surface area contributed by atoms with Crippen LogP contribution in [0.3, 0.4) is 0 Å². The molecule has 20 heavy (non-hydrogen) atoms. The Morgan fingerprint density at radius 1 is 1.20 bits per heavy atom. The topological polar surface area (TPSA) is 47.6 Å². The molecule has 1 amide bonds. The van der Waals surface area contributed by atoms with Gasteiger partial charge in [0.1, 0.15) is 11.4 Å². The lowest BCUT2D eigenvalue weighted by Gasteiger charge is -2.19. The average molecular weight is 279 g/mol. The molecule has 0 radical (unpaired) electrons. The third-order valence-electron chi connectivity index (χ3n) is 2.53. The molecule has 1 N–H and O–H groups in total. The van der Waals surface area contributed by atoms with Crippen molar-refractivity contribution in [3.63, 3.8) is 0 Å². The number of carbonyl (C=O) groups is 1. The zero-order valence-corrected chi connectivity index (χ0v) is 12.9. The minimum atomic E-state index is -0.471. The summed E-state index contributed by atoms with van der Waals surface area (Å²) in [6.07, 6.45) is 1.78. The predicted octanol–water partition coefficient (Wildman–Crippen LogP) is 3.89. The number of nitrogens with one attached hydrogen (secondary N) is 1. The molecule has 0 heterocycles. The molecule has 0 fully saturated rings. The first-order valence-corrected chi connectivity index (χ1v) is 7.09. The van der Waals surface area contributed by atoms with Crippen molar-refractivity contribution in [3.05, 3.63) is 29.8 Å². The lowest BCUT2D eigenvalue weighted by atomic mass is 10.2. The molecule has 0 atom stereocenters.